The summed E-state index contributed by atoms with van der Waals surface area (Å²) >= 11 is 0. The summed E-state index contributed by atoms with van der Waals surface area (Å²) in [5.41, 5.74) is 0. The molecule has 1 aliphatic rings. The average Bonchev–Trinajstić information content (AvgIpc) is 3.25. The maximum atomic E-state index is 10.1. The molecule has 3 rings (SSSR count). The van der Waals surface area contributed by atoms with E-state index in [1.165, 1.54) is 0 Å². The maximum absolute atomic E-state index is 10.1. The quantitative estimate of drug-likeness (QED) is 0.724. The second-order valence-corrected chi connectivity index (χ2v) is 6.32. The first-order chi connectivity index (χ1) is 11.7. The zero-order valence-electron chi connectivity index (χ0n) is 14.1. The van der Waals surface area contributed by atoms with E-state index in [9.17, 15) is 5.11 Å². The lowest BCUT2D eigenvalue weighted by molar-refractivity contribution is 0.126. The van der Waals surface area contributed by atoms with Crippen molar-refractivity contribution in [2.24, 2.45) is 0 Å². The fraction of sp³-hybridized carbons (Fsp3) is 0.688. The van der Waals surface area contributed by atoms with Gasteiger partial charge in [-0.05, 0) is 25.5 Å². The number of rotatable bonds is 8. The second-order valence-electron chi connectivity index (χ2n) is 6.32. The fourth-order valence-electron chi connectivity index (χ4n) is 3.06. The number of likely N-dealkylation sites (tertiary alicyclic amines) is 1. The number of nitrogens with zero attached hydrogens (tertiary/aromatic N) is 5. The monoisotopic (exact) mass is 334 g/mol. The van der Waals surface area contributed by atoms with Gasteiger partial charge in [-0.1, -0.05) is 12.1 Å². The highest BCUT2D eigenvalue weighted by Gasteiger charge is 2.21. The molecule has 3 heterocycles. The van der Waals surface area contributed by atoms with Crippen molar-refractivity contribution in [3.8, 4) is 0 Å². The lowest BCUT2D eigenvalue weighted by Crippen LogP contribution is -2.47. The minimum atomic E-state index is -0.440. The Morgan fingerprint density at radius 2 is 2.42 bits per heavy atom. The van der Waals surface area contributed by atoms with Gasteiger partial charge in [0.2, 0.25) is 5.89 Å². The molecule has 132 valence electrons. The van der Waals surface area contributed by atoms with E-state index in [2.05, 4.69) is 25.5 Å². The Balaban J connectivity index is 1.41. The van der Waals surface area contributed by atoms with Crippen LogP contribution in [0.25, 0.3) is 0 Å². The highest BCUT2D eigenvalue weighted by Crippen LogP contribution is 2.13. The molecule has 24 heavy (non-hydrogen) atoms. The average molecular weight is 334 g/mol. The molecule has 1 saturated heterocycles. The highest BCUT2D eigenvalue weighted by molar-refractivity contribution is 4.88. The molecule has 0 saturated carbocycles. The summed E-state index contributed by atoms with van der Waals surface area (Å²) in [5.74, 6) is 1.45. The van der Waals surface area contributed by atoms with E-state index in [-0.39, 0.29) is 0 Å². The lowest BCUT2D eigenvalue weighted by Gasteiger charge is -2.32. The predicted octanol–water partition coefficient (Wildman–Crippen LogP) is 0.444. The Morgan fingerprint density at radius 1 is 1.50 bits per heavy atom. The Bertz CT molecular complexity index is 599. The highest BCUT2D eigenvalue weighted by atomic mass is 16.5. The van der Waals surface area contributed by atoms with Crippen LogP contribution in [0.2, 0.25) is 0 Å². The van der Waals surface area contributed by atoms with Gasteiger partial charge in [-0.3, -0.25) is 9.58 Å². The van der Waals surface area contributed by atoms with Gasteiger partial charge < -0.3 is 14.9 Å². The van der Waals surface area contributed by atoms with E-state index >= 15 is 0 Å². The number of piperidine rings is 1. The molecule has 0 radical (unpaired) electrons. The first kappa shape index (κ1) is 17.1. The van der Waals surface area contributed by atoms with Gasteiger partial charge in [0, 0.05) is 37.9 Å². The van der Waals surface area contributed by atoms with Crippen molar-refractivity contribution >= 4 is 0 Å². The van der Waals surface area contributed by atoms with E-state index in [0.717, 1.165) is 44.7 Å². The third kappa shape index (κ3) is 4.86. The molecule has 2 atom stereocenters. The second kappa shape index (κ2) is 8.36. The van der Waals surface area contributed by atoms with E-state index in [4.69, 9.17) is 4.52 Å². The van der Waals surface area contributed by atoms with Crippen LogP contribution in [-0.2, 0) is 19.5 Å². The molecule has 0 unspecified atom stereocenters. The van der Waals surface area contributed by atoms with Crippen LogP contribution < -0.4 is 5.32 Å². The van der Waals surface area contributed by atoms with Crippen molar-refractivity contribution in [1.29, 1.82) is 0 Å². The van der Waals surface area contributed by atoms with Crippen molar-refractivity contribution < 1.29 is 9.63 Å². The number of nitrogens with one attached hydrogen (secondary N) is 1. The third-order valence-electron chi connectivity index (χ3n) is 4.28. The summed E-state index contributed by atoms with van der Waals surface area (Å²) < 4.78 is 6.92. The van der Waals surface area contributed by atoms with Gasteiger partial charge in [0.25, 0.3) is 0 Å². The SMILES string of the molecule is CCc1nc(CN2CCC[C@@H](NC[C@@H](O)Cn3cccn3)C2)no1. The molecular formula is C16H26N6O2. The summed E-state index contributed by atoms with van der Waals surface area (Å²) in [6, 6.07) is 2.24. The van der Waals surface area contributed by atoms with E-state index in [1.807, 2.05) is 19.2 Å². The topological polar surface area (TPSA) is 92.2 Å². The van der Waals surface area contributed by atoms with Crippen molar-refractivity contribution in [3.63, 3.8) is 0 Å². The van der Waals surface area contributed by atoms with Crippen LogP contribution in [0, 0.1) is 0 Å². The van der Waals surface area contributed by atoms with E-state index in [0.29, 0.717) is 25.0 Å². The summed E-state index contributed by atoms with van der Waals surface area (Å²) in [5, 5.41) is 21.7. The number of aliphatic hydroxyl groups excluding tert-OH is 1. The number of hydrogen-bond acceptors (Lipinski definition) is 7. The normalized spacial score (nSPS) is 20.3. The molecule has 2 aromatic heterocycles. The molecule has 2 N–H and O–H groups in total. The zero-order valence-corrected chi connectivity index (χ0v) is 14.1. The molecule has 8 nitrogen and oxygen atoms in total. The molecule has 0 aliphatic carbocycles. The summed E-state index contributed by atoms with van der Waals surface area (Å²) in [6.07, 6.45) is 6.17. The van der Waals surface area contributed by atoms with Crippen molar-refractivity contribution in [1.82, 2.24) is 30.1 Å². The van der Waals surface area contributed by atoms with Crippen LogP contribution in [0.15, 0.2) is 23.0 Å². The smallest absolute Gasteiger partial charge is 0.226 e. The summed E-state index contributed by atoms with van der Waals surface area (Å²) in [4.78, 5) is 6.71. The molecule has 0 bridgehead atoms. The number of aryl methyl sites for hydroxylation is 1. The van der Waals surface area contributed by atoms with Crippen molar-refractivity contribution in [3.05, 3.63) is 30.2 Å². The van der Waals surface area contributed by atoms with Gasteiger partial charge in [-0.25, -0.2) is 0 Å². The standard InChI is InChI=1S/C16H26N6O2/c1-2-16-19-15(20-24-16)12-21-7-3-5-13(10-21)17-9-14(23)11-22-8-4-6-18-22/h4,6,8,13-14,17,23H,2-3,5,7,9-12H2,1H3/t13-,14-/m1/s1. The van der Waals surface area contributed by atoms with Gasteiger partial charge in [-0.15, -0.1) is 0 Å². The summed E-state index contributed by atoms with van der Waals surface area (Å²) in [7, 11) is 0. The zero-order chi connectivity index (χ0) is 16.8. The van der Waals surface area contributed by atoms with E-state index in [1.54, 1.807) is 10.9 Å². The van der Waals surface area contributed by atoms with Crippen LogP contribution in [-0.4, -0.2) is 61.7 Å². The van der Waals surface area contributed by atoms with Gasteiger partial charge in [0.05, 0.1) is 19.2 Å². The molecule has 1 aliphatic heterocycles. The molecule has 0 aromatic carbocycles. The molecule has 0 amide bonds. The van der Waals surface area contributed by atoms with Crippen LogP contribution in [0.3, 0.4) is 0 Å². The summed E-state index contributed by atoms with van der Waals surface area (Å²) in [6.45, 7) is 5.79. The van der Waals surface area contributed by atoms with Crippen LogP contribution in [0.1, 0.15) is 31.5 Å². The number of hydrogen-bond donors (Lipinski definition) is 2. The van der Waals surface area contributed by atoms with Gasteiger partial charge in [-0.2, -0.15) is 10.1 Å². The van der Waals surface area contributed by atoms with Crippen LogP contribution in [0.4, 0.5) is 0 Å². The largest absolute Gasteiger partial charge is 0.390 e. The minimum absolute atomic E-state index is 0.378. The Kier molecular flexibility index (Phi) is 5.95. The first-order valence-electron chi connectivity index (χ1n) is 8.65. The third-order valence-corrected chi connectivity index (χ3v) is 4.28. The molecule has 8 heteroatoms. The molecular weight excluding hydrogens is 308 g/mol. The van der Waals surface area contributed by atoms with E-state index < -0.39 is 6.10 Å². The fourth-order valence-corrected chi connectivity index (χ4v) is 3.06. The van der Waals surface area contributed by atoms with Gasteiger partial charge in [0.1, 0.15) is 0 Å². The van der Waals surface area contributed by atoms with Gasteiger partial charge in [0.15, 0.2) is 5.82 Å². The van der Waals surface area contributed by atoms with Gasteiger partial charge >= 0.3 is 0 Å². The number of aromatic nitrogens is 4. The van der Waals surface area contributed by atoms with Crippen LogP contribution >= 0.6 is 0 Å². The van der Waals surface area contributed by atoms with Crippen LogP contribution in [0.5, 0.6) is 0 Å². The lowest BCUT2D eigenvalue weighted by atomic mass is 10.1. The molecule has 1 fully saturated rings. The van der Waals surface area contributed by atoms with Crippen molar-refractivity contribution in [2.75, 3.05) is 19.6 Å². The Labute approximate surface area is 141 Å². The molecule has 2 aromatic rings. The van der Waals surface area contributed by atoms with Crippen molar-refractivity contribution in [2.45, 2.75) is 51.4 Å². The molecule has 0 spiro atoms. The maximum Gasteiger partial charge on any atom is 0.226 e. The Hall–Kier alpha value is -1.77. The minimum Gasteiger partial charge on any atom is -0.390 e. The number of aliphatic hydroxyl groups is 1. The predicted molar refractivity (Wildman–Crippen MR) is 88.2 cm³/mol. The first-order valence-corrected chi connectivity index (χ1v) is 8.65. The Morgan fingerprint density at radius 3 is 3.17 bits per heavy atom.